The van der Waals surface area contributed by atoms with Crippen LogP contribution in [0.3, 0.4) is 0 Å². The number of halogens is 1. The van der Waals surface area contributed by atoms with Gasteiger partial charge in [0.15, 0.2) is 0 Å². The Hall–Kier alpha value is -2.69. The van der Waals surface area contributed by atoms with Crippen LogP contribution in [-0.4, -0.2) is 15.5 Å². The van der Waals surface area contributed by atoms with Gasteiger partial charge < -0.3 is 9.88 Å². The maximum absolute atomic E-state index is 13.3. The number of carbonyl (C=O) groups is 1. The van der Waals surface area contributed by atoms with Crippen LogP contribution in [0.25, 0.3) is 10.9 Å². The van der Waals surface area contributed by atoms with Crippen LogP contribution in [0.5, 0.6) is 0 Å². The number of aromatic nitrogens is 2. The molecule has 1 amide bonds. The Balaban J connectivity index is 1.79. The summed E-state index contributed by atoms with van der Waals surface area (Å²) >= 11 is 0. The quantitative estimate of drug-likeness (QED) is 0.794. The van der Waals surface area contributed by atoms with Crippen molar-refractivity contribution in [3.63, 3.8) is 0 Å². The van der Waals surface area contributed by atoms with Gasteiger partial charge in [0.05, 0.1) is 5.52 Å². The number of rotatable bonds is 3. The highest BCUT2D eigenvalue weighted by Crippen LogP contribution is 2.17. The van der Waals surface area contributed by atoms with Crippen LogP contribution >= 0.6 is 0 Å². The second kappa shape index (κ2) is 5.13. The van der Waals surface area contributed by atoms with E-state index in [2.05, 4.69) is 10.3 Å². The van der Waals surface area contributed by atoms with Crippen molar-refractivity contribution in [1.82, 2.24) is 9.55 Å². The fraction of sp³-hybridized carbons (Fsp3) is 0.0667. The van der Waals surface area contributed by atoms with E-state index < -0.39 is 0 Å². The lowest BCUT2D eigenvalue weighted by Gasteiger charge is -2.06. The molecule has 0 saturated carbocycles. The van der Waals surface area contributed by atoms with Crippen molar-refractivity contribution in [1.29, 1.82) is 0 Å². The molecule has 5 heteroatoms. The van der Waals surface area contributed by atoms with E-state index in [1.165, 1.54) is 12.1 Å². The maximum Gasteiger partial charge on any atom is 0.245 e. The van der Waals surface area contributed by atoms with Crippen molar-refractivity contribution < 1.29 is 9.18 Å². The monoisotopic (exact) mass is 269 g/mol. The molecule has 0 aliphatic rings. The maximum atomic E-state index is 13.3. The number of hydrogen-bond donors (Lipinski definition) is 1. The van der Waals surface area contributed by atoms with E-state index in [-0.39, 0.29) is 18.3 Å². The lowest BCUT2D eigenvalue weighted by molar-refractivity contribution is -0.116. The molecule has 0 saturated heterocycles. The summed E-state index contributed by atoms with van der Waals surface area (Å²) in [6.07, 6.45) is 3.37. The molecule has 0 radical (unpaired) electrons. The fourth-order valence-corrected chi connectivity index (χ4v) is 2.07. The molecule has 2 heterocycles. The van der Waals surface area contributed by atoms with Crippen LogP contribution < -0.4 is 5.32 Å². The normalized spacial score (nSPS) is 10.7. The summed E-state index contributed by atoms with van der Waals surface area (Å²) in [6.45, 7) is 0.115. The van der Waals surface area contributed by atoms with E-state index in [1.807, 2.05) is 6.07 Å². The number of nitrogens with one attached hydrogen (secondary N) is 1. The zero-order valence-electron chi connectivity index (χ0n) is 10.6. The first kappa shape index (κ1) is 12.3. The standard InChI is InChI=1S/C15H12FN3O/c16-12-5-4-11-6-8-19(13(11)9-12)10-15(20)18-14-3-1-2-7-17-14/h1-9H,10H2,(H,17,18,20). The molecule has 20 heavy (non-hydrogen) atoms. The number of carbonyl (C=O) groups excluding carboxylic acids is 1. The molecule has 0 aliphatic carbocycles. The molecular formula is C15H12FN3O. The fourth-order valence-electron chi connectivity index (χ4n) is 2.07. The summed E-state index contributed by atoms with van der Waals surface area (Å²) in [5, 5.41) is 3.59. The van der Waals surface area contributed by atoms with Gasteiger partial charge in [-0.25, -0.2) is 9.37 Å². The molecule has 3 rings (SSSR count). The van der Waals surface area contributed by atoms with E-state index in [4.69, 9.17) is 0 Å². The first-order chi connectivity index (χ1) is 9.72. The van der Waals surface area contributed by atoms with Gasteiger partial charge in [-0.15, -0.1) is 0 Å². The van der Waals surface area contributed by atoms with Crippen LogP contribution in [0.2, 0.25) is 0 Å². The molecule has 0 atom stereocenters. The largest absolute Gasteiger partial charge is 0.338 e. The second-order valence-electron chi connectivity index (χ2n) is 4.41. The number of nitrogens with zero attached hydrogens (tertiary/aromatic N) is 2. The van der Waals surface area contributed by atoms with Gasteiger partial charge >= 0.3 is 0 Å². The minimum absolute atomic E-state index is 0.115. The molecule has 2 aromatic heterocycles. The first-order valence-corrected chi connectivity index (χ1v) is 6.18. The Labute approximate surface area is 114 Å². The highest BCUT2D eigenvalue weighted by Gasteiger charge is 2.07. The molecule has 3 aromatic rings. The highest BCUT2D eigenvalue weighted by atomic mass is 19.1. The van der Waals surface area contributed by atoms with Gasteiger partial charge in [0.2, 0.25) is 5.91 Å². The Kier molecular flexibility index (Phi) is 3.16. The smallest absolute Gasteiger partial charge is 0.245 e. The predicted molar refractivity (Wildman–Crippen MR) is 74.8 cm³/mol. The van der Waals surface area contributed by atoms with Crippen LogP contribution in [0.4, 0.5) is 10.2 Å². The zero-order valence-corrected chi connectivity index (χ0v) is 10.6. The zero-order chi connectivity index (χ0) is 13.9. The van der Waals surface area contributed by atoms with Crippen molar-refractivity contribution in [3.05, 3.63) is 60.7 Å². The van der Waals surface area contributed by atoms with Crippen molar-refractivity contribution in [2.75, 3.05) is 5.32 Å². The van der Waals surface area contributed by atoms with Gasteiger partial charge in [0, 0.05) is 12.4 Å². The van der Waals surface area contributed by atoms with Gasteiger partial charge in [0.25, 0.3) is 0 Å². The number of benzene rings is 1. The van der Waals surface area contributed by atoms with Crippen LogP contribution in [0.1, 0.15) is 0 Å². The van der Waals surface area contributed by atoms with Gasteiger partial charge in [-0.05, 0) is 41.8 Å². The molecule has 4 nitrogen and oxygen atoms in total. The third-order valence-corrected chi connectivity index (χ3v) is 2.98. The molecule has 0 spiro atoms. The van der Waals surface area contributed by atoms with Crippen LogP contribution in [0.15, 0.2) is 54.9 Å². The summed E-state index contributed by atoms with van der Waals surface area (Å²) in [4.78, 5) is 16.0. The Morgan fingerprint density at radius 2 is 2.15 bits per heavy atom. The molecular weight excluding hydrogens is 257 g/mol. The number of pyridine rings is 1. The second-order valence-corrected chi connectivity index (χ2v) is 4.41. The van der Waals surface area contributed by atoms with Gasteiger partial charge in [-0.2, -0.15) is 0 Å². The molecule has 0 aliphatic heterocycles. The van der Waals surface area contributed by atoms with E-state index in [0.717, 1.165) is 5.39 Å². The van der Waals surface area contributed by atoms with E-state index in [9.17, 15) is 9.18 Å². The SMILES string of the molecule is O=C(Cn1ccc2ccc(F)cc21)Nc1ccccn1. The van der Waals surface area contributed by atoms with Gasteiger partial charge in [-0.3, -0.25) is 4.79 Å². The van der Waals surface area contributed by atoms with Crippen molar-refractivity contribution in [3.8, 4) is 0 Å². The Morgan fingerprint density at radius 1 is 1.25 bits per heavy atom. The topological polar surface area (TPSA) is 46.9 Å². The summed E-state index contributed by atoms with van der Waals surface area (Å²) in [6, 6.07) is 11.6. The van der Waals surface area contributed by atoms with Gasteiger partial charge in [-0.1, -0.05) is 6.07 Å². The van der Waals surface area contributed by atoms with Crippen molar-refractivity contribution >= 4 is 22.6 Å². The highest BCUT2D eigenvalue weighted by molar-refractivity contribution is 5.91. The van der Waals surface area contributed by atoms with Gasteiger partial charge in [0.1, 0.15) is 18.2 Å². The van der Waals surface area contributed by atoms with Crippen LogP contribution in [-0.2, 0) is 11.3 Å². The van der Waals surface area contributed by atoms with Crippen molar-refractivity contribution in [2.24, 2.45) is 0 Å². The lowest BCUT2D eigenvalue weighted by atomic mass is 10.2. The number of fused-ring (bicyclic) bond motifs is 1. The summed E-state index contributed by atoms with van der Waals surface area (Å²) in [5.74, 6) is -0.0202. The van der Waals surface area contributed by atoms with E-state index in [1.54, 1.807) is 41.2 Å². The summed E-state index contributed by atoms with van der Waals surface area (Å²) < 4.78 is 15.0. The molecule has 0 bridgehead atoms. The van der Waals surface area contributed by atoms with E-state index in [0.29, 0.717) is 11.3 Å². The third kappa shape index (κ3) is 2.51. The molecule has 100 valence electrons. The molecule has 1 N–H and O–H groups in total. The minimum Gasteiger partial charge on any atom is -0.338 e. The minimum atomic E-state index is -0.317. The molecule has 0 fully saturated rings. The Bertz CT molecular complexity index is 752. The number of amides is 1. The Morgan fingerprint density at radius 3 is 2.95 bits per heavy atom. The average molecular weight is 269 g/mol. The predicted octanol–water partition coefficient (Wildman–Crippen LogP) is 2.81. The first-order valence-electron chi connectivity index (χ1n) is 6.18. The summed E-state index contributed by atoms with van der Waals surface area (Å²) in [7, 11) is 0. The molecule has 1 aromatic carbocycles. The third-order valence-electron chi connectivity index (χ3n) is 2.98. The molecule has 0 unspecified atom stereocenters. The number of hydrogen-bond acceptors (Lipinski definition) is 2. The number of anilines is 1. The lowest BCUT2D eigenvalue weighted by Crippen LogP contribution is -2.18. The van der Waals surface area contributed by atoms with E-state index >= 15 is 0 Å². The summed E-state index contributed by atoms with van der Waals surface area (Å²) in [5.41, 5.74) is 0.696. The average Bonchev–Trinajstić information content (AvgIpc) is 2.82. The van der Waals surface area contributed by atoms with Crippen LogP contribution in [0, 0.1) is 5.82 Å². The van der Waals surface area contributed by atoms with Crippen molar-refractivity contribution in [2.45, 2.75) is 6.54 Å².